The number of carbonyl (C=O) groups is 2. The van der Waals surface area contributed by atoms with Crippen molar-refractivity contribution in [3.05, 3.63) is 21.9 Å². The van der Waals surface area contributed by atoms with E-state index in [4.69, 9.17) is 15.2 Å². The molecular weight excluding hydrogens is 328 g/mol. The minimum atomic E-state index is -0.501. The number of alkyl carbamates (subject to hydrolysis) is 1. The first-order valence-electron chi connectivity index (χ1n) is 7.86. The lowest BCUT2D eigenvalue weighted by Gasteiger charge is -2.25. The molecule has 1 aliphatic carbocycles. The number of hydrogen-bond acceptors (Lipinski definition) is 6. The number of amides is 1. The van der Waals surface area contributed by atoms with Gasteiger partial charge in [-0.2, -0.15) is 0 Å². The number of methoxy groups -OCH3 is 1. The Morgan fingerprint density at radius 1 is 1.38 bits per heavy atom. The van der Waals surface area contributed by atoms with Gasteiger partial charge in [0.2, 0.25) is 0 Å². The number of nitrogen functional groups attached to an aromatic ring is 1. The molecule has 0 saturated heterocycles. The molecule has 6 nitrogen and oxygen atoms in total. The molecular formula is C17H24N2O4S. The molecule has 0 spiro atoms. The molecule has 0 fully saturated rings. The molecule has 0 bridgehead atoms. The van der Waals surface area contributed by atoms with Crippen molar-refractivity contribution in [1.82, 2.24) is 5.32 Å². The van der Waals surface area contributed by atoms with E-state index in [0.29, 0.717) is 10.6 Å². The summed E-state index contributed by atoms with van der Waals surface area (Å²) in [5.74, 6) is -0.412. The molecule has 2 rings (SSSR count). The highest BCUT2D eigenvalue weighted by Crippen LogP contribution is 2.35. The third kappa shape index (κ3) is 4.74. The molecule has 1 amide bonds. The van der Waals surface area contributed by atoms with Crippen molar-refractivity contribution in [2.75, 3.05) is 12.8 Å². The predicted molar refractivity (Wildman–Crippen MR) is 95.1 cm³/mol. The van der Waals surface area contributed by atoms with Gasteiger partial charge < -0.3 is 20.5 Å². The second kappa shape index (κ2) is 7.25. The number of nitrogens with two attached hydrogens (primary N) is 1. The maximum atomic E-state index is 11.8. The van der Waals surface area contributed by atoms with E-state index < -0.39 is 17.7 Å². The fourth-order valence-corrected chi connectivity index (χ4v) is 3.54. The predicted octanol–water partition coefficient (Wildman–Crippen LogP) is 3.58. The van der Waals surface area contributed by atoms with E-state index in [1.54, 1.807) is 0 Å². The van der Waals surface area contributed by atoms with E-state index in [1.807, 2.05) is 26.8 Å². The summed E-state index contributed by atoms with van der Waals surface area (Å²) in [4.78, 5) is 24.9. The molecule has 24 heavy (non-hydrogen) atoms. The second-order valence-corrected chi connectivity index (χ2v) is 7.79. The quantitative estimate of drug-likeness (QED) is 0.812. The van der Waals surface area contributed by atoms with Crippen LogP contribution in [0.5, 0.6) is 0 Å². The van der Waals surface area contributed by atoms with Crippen molar-refractivity contribution in [2.45, 2.75) is 51.7 Å². The van der Waals surface area contributed by atoms with Crippen LogP contribution in [-0.2, 0) is 9.47 Å². The Bertz CT molecular complexity index is 658. The van der Waals surface area contributed by atoms with Crippen LogP contribution in [-0.4, -0.2) is 30.8 Å². The van der Waals surface area contributed by atoms with Crippen LogP contribution >= 0.6 is 11.3 Å². The van der Waals surface area contributed by atoms with Gasteiger partial charge in [-0.05, 0) is 51.7 Å². The van der Waals surface area contributed by atoms with Gasteiger partial charge in [0.15, 0.2) is 0 Å². The number of hydrogen-bond donors (Lipinski definition) is 2. The number of thiophene rings is 1. The van der Waals surface area contributed by atoms with Crippen molar-refractivity contribution in [2.24, 2.45) is 0 Å². The van der Waals surface area contributed by atoms with Crippen LogP contribution in [0.25, 0.3) is 5.57 Å². The molecule has 1 aromatic heterocycles. The number of rotatable bonds is 3. The van der Waals surface area contributed by atoms with Crippen LogP contribution in [0.4, 0.5) is 10.5 Å². The number of carbonyl (C=O) groups excluding carboxylic acids is 2. The summed E-state index contributed by atoms with van der Waals surface area (Å²) >= 11 is 1.34. The van der Waals surface area contributed by atoms with Crippen LogP contribution in [0.2, 0.25) is 0 Å². The van der Waals surface area contributed by atoms with Crippen molar-refractivity contribution >= 4 is 34.7 Å². The van der Waals surface area contributed by atoms with Gasteiger partial charge in [-0.3, -0.25) is 0 Å². The smallest absolute Gasteiger partial charge is 0.407 e. The van der Waals surface area contributed by atoms with Crippen LogP contribution in [0.3, 0.4) is 0 Å². The Labute approximate surface area is 146 Å². The summed E-state index contributed by atoms with van der Waals surface area (Å²) in [6.45, 7) is 5.52. The summed E-state index contributed by atoms with van der Waals surface area (Å²) in [5, 5.41) is 2.89. The van der Waals surface area contributed by atoms with Crippen LogP contribution in [0.15, 0.2) is 12.1 Å². The highest BCUT2D eigenvalue weighted by molar-refractivity contribution is 7.15. The van der Waals surface area contributed by atoms with Crippen LogP contribution in [0, 0.1) is 0 Å². The minimum absolute atomic E-state index is 0.0565. The topological polar surface area (TPSA) is 90.6 Å². The molecule has 0 aromatic carbocycles. The van der Waals surface area contributed by atoms with Crippen molar-refractivity contribution in [3.8, 4) is 0 Å². The van der Waals surface area contributed by atoms with E-state index in [1.165, 1.54) is 18.4 Å². The Kier molecular flexibility index (Phi) is 5.54. The first kappa shape index (κ1) is 18.3. The lowest BCUT2D eigenvalue weighted by Crippen LogP contribution is -2.39. The van der Waals surface area contributed by atoms with E-state index in [2.05, 4.69) is 11.4 Å². The molecule has 1 heterocycles. The van der Waals surface area contributed by atoms with Gasteiger partial charge in [-0.15, -0.1) is 11.3 Å². The molecule has 1 aliphatic rings. The summed E-state index contributed by atoms with van der Waals surface area (Å²) in [6, 6.07) is 1.87. The standard InChI is InChI=1S/C17H24N2O4S/c1-17(2,3)23-16(21)19-11-7-5-10(6-8-11)13-9-12(18)14(24-13)15(20)22-4/h5,9,11H,6-8,18H2,1-4H3,(H,19,21). The summed E-state index contributed by atoms with van der Waals surface area (Å²) in [7, 11) is 1.34. The first-order chi connectivity index (χ1) is 11.2. The number of nitrogens with one attached hydrogen (secondary N) is 1. The zero-order valence-corrected chi connectivity index (χ0v) is 15.3. The van der Waals surface area contributed by atoms with E-state index in [9.17, 15) is 9.59 Å². The molecule has 0 aliphatic heterocycles. The highest BCUT2D eigenvalue weighted by atomic mass is 32.1. The maximum absolute atomic E-state index is 11.8. The van der Waals surface area contributed by atoms with Gasteiger partial charge in [0.1, 0.15) is 10.5 Å². The molecule has 1 atom stereocenters. The fraction of sp³-hybridized carbons (Fsp3) is 0.529. The zero-order chi connectivity index (χ0) is 17.9. The lowest BCUT2D eigenvalue weighted by molar-refractivity contribution is 0.0501. The van der Waals surface area contributed by atoms with Gasteiger partial charge in [0, 0.05) is 10.9 Å². The first-order valence-corrected chi connectivity index (χ1v) is 8.68. The average Bonchev–Trinajstić information content (AvgIpc) is 2.87. The Morgan fingerprint density at radius 3 is 2.62 bits per heavy atom. The largest absolute Gasteiger partial charge is 0.465 e. The summed E-state index contributed by atoms with van der Waals surface area (Å²) in [6.07, 6.45) is 4.03. The molecule has 0 saturated carbocycles. The van der Waals surface area contributed by atoms with Gasteiger partial charge >= 0.3 is 12.1 Å². The van der Waals surface area contributed by atoms with E-state index >= 15 is 0 Å². The Hall–Kier alpha value is -2.02. The van der Waals surface area contributed by atoms with Crippen molar-refractivity contribution in [1.29, 1.82) is 0 Å². The monoisotopic (exact) mass is 352 g/mol. The lowest BCUT2D eigenvalue weighted by atomic mass is 9.94. The minimum Gasteiger partial charge on any atom is -0.465 e. The average molecular weight is 352 g/mol. The van der Waals surface area contributed by atoms with Crippen LogP contribution in [0.1, 0.15) is 54.6 Å². The third-order valence-corrected chi connectivity index (χ3v) is 4.79. The third-order valence-electron chi connectivity index (χ3n) is 3.58. The van der Waals surface area contributed by atoms with Crippen LogP contribution < -0.4 is 11.1 Å². The number of esters is 1. The molecule has 0 radical (unpaired) electrons. The summed E-state index contributed by atoms with van der Waals surface area (Å²) < 4.78 is 10.0. The second-order valence-electron chi connectivity index (χ2n) is 6.73. The van der Waals surface area contributed by atoms with Gasteiger partial charge in [0.05, 0.1) is 12.8 Å². The molecule has 3 N–H and O–H groups in total. The Morgan fingerprint density at radius 2 is 2.08 bits per heavy atom. The normalized spacial score (nSPS) is 17.8. The Balaban J connectivity index is 1.98. The van der Waals surface area contributed by atoms with Crippen molar-refractivity contribution in [3.63, 3.8) is 0 Å². The van der Waals surface area contributed by atoms with Gasteiger partial charge in [-0.25, -0.2) is 9.59 Å². The number of anilines is 1. The number of allylic oxidation sites excluding steroid dienone is 1. The fourth-order valence-electron chi connectivity index (χ4n) is 2.48. The van der Waals surface area contributed by atoms with Gasteiger partial charge in [-0.1, -0.05) is 6.08 Å². The van der Waals surface area contributed by atoms with E-state index in [-0.39, 0.29) is 6.04 Å². The molecule has 7 heteroatoms. The van der Waals surface area contributed by atoms with Crippen molar-refractivity contribution < 1.29 is 19.1 Å². The zero-order valence-electron chi connectivity index (χ0n) is 14.5. The molecule has 1 unspecified atom stereocenters. The number of ether oxygens (including phenoxy) is 2. The van der Waals surface area contributed by atoms with E-state index in [0.717, 1.165) is 29.7 Å². The SMILES string of the molecule is COC(=O)c1sc(C2=CCC(NC(=O)OC(C)(C)C)CC2)cc1N. The molecule has 1 aromatic rings. The summed E-state index contributed by atoms with van der Waals surface area (Å²) in [5.41, 5.74) is 6.97. The van der Waals surface area contributed by atoms with Gasteiger partial charge in [0.25, 0.3) is 0 Å². The molecule has 132 valence electrons. The maximum Gasteiger partial charge on any atom is 0.407 e. The highest BCUT2D eigenvalue weighted by Gasteiger charge is 2.23.